The van der Waals surface area contributed by atoms with Crippen LogP contribution in [0.25, 0.3) is 0 Å². The minimum atomic E-state index is -0.130. The van der Waals surface area contributed by atoms with E-state index < -0.39 is 0 Å². The summed E-state index contributed by atoms with van der Waals surface area (Å²) >= 11 is 5.70. The number of nitrogens with zero attached hydrogens (tertiary/aromatic N) is 2. The molecule has 4 aliphatic carbocycles. The van der Waals surface area contributed by atoms with Gasteiger partial charge in [0, 0.05) is 6.54 Å². The van der Waals surface area contributed by atoms with Gasteiger partial charge in [0.1, 0.15) is 10.8 Å². The van der Waals surface area contributed by atoms with E-state index in [1.807, 2.05) is 0 Å². The van der Waals surface area contributed by atoms with E-state index in [-0.39, 0.29) is 5.91 Å². The van der Waals surface area contributed by atoms with Crippen molar-refractivity contribution in [2.24, 2.45) is 23.2 Å². The number of rotatable bonds is 3. The Labute approximate surface area is 129 Å². The zero-order valence-electron chi connectivity index (χ0n) is 12.0. The van der Waals surface area contributed by atoms with Crippen LogP contribution in [-0.2, 0) is 0 Å². The summed E-state index contributed by atoms with van der Waals surface area (Å²) in [5.41, 5.74) is 0.702. The van der Waals surface area contributed by atoms with Crippen LogP contribution in [0.15, 0.2) is 12.4 Å². The lowest BCUT2D eigenvalue weighted by atomic mass is 9.49. The zero-order chi connectivity index (χ0) is 14.4. The molecule has 0 saturated heterocycles. The Balaban J connectivity index is 1.42. The second-order valence-electron chi connectivity index (χ2n) is 7.32. The predicted octanol–water partition coefficient (Wildman–Crippen LogP) is 3.08. The topological polar surface area (TPSA) is 54.9 Å². The lowest BCUT2D eigenvalue weighted by Crippen LogP contribution is -2.51. The average Bonchev–Trinajstić information content (AvgIpc) is 2.44. The van der Waals surface area contributed by atoms with E-state index in [0.29, 0.717) is 16.3 Å². The van der Waals surface area contributed by atoms with Gasteiger partial charge < -0.3 is 5.32 Å². The standard InChI is InChI=1S/C16H20ClN3O/c17-14-8-18-13(7-19-14)15(21)20-9-16-4-10-1-11(5-16)3-12(2-10)6-16/h7-8,10-12H,1-6,9H2,(H,20,21). The Morgan fingerprint density at radius 1 is 1.14 bits per heavy atom. The molecule has 112 valence electrons. The average molecular weight is 306 g/mol. The molecule has 4 bridgehead atoms. The summed E-state index contributed by atoms with van der Waals surface area (Å²) in [6.45, 7) is 0.791. The van der Waals surface area contributed by atoms with Crippen molar-refractivity contribution in [1.29, 1.82) is 0 Å². The van der Waals surface area contributed by atoms with Crippen molar-refractivity contribution in [3.05, 3.63) is 23.2 Å². The Bertz CT molecular complexity index is 522. The lowest BCUT2D eigenvalue weighted by molar-refractivity contribution is -0.0503. The molecule has 1 amide bonds. The van der Waals surface area contributed by atoms with Crippen molar-refractivity contribution >= 4 is 17.5 Å². The molecule has 0 radical (unpaired) electrons. The largest absolute Gasteiger partial charge is 0.350 e. The van der Waals surface area contributed by atoms with Crippen LogP contribution in [0.2, 0.25) is 5.15 Å². The summed E-state index contributed by atoms with van der Waals surface area (Å²) in [5, 5.41) is 3.40. The van der Waals surface area contributed by atoms with Gasteiger partial charge in [-0.3, -0.25) is 4.79 Å². The van der Waals surface area contributed by atoms with E-state index in [1.165, 1.54) is 50.9 Å². The van der Waals surface area contributed by atoms with E-state index >= 15 is 0 Å². The number of carbonyl (C=O) groups is 1. The fourth-order valence-electron chi connectivity index (χ4n) is 5.29. The fraction of sp³-hybridized carbons (Fsp3) is 0.688. The Hall–Kier alpha value is -1.16. The maximum Gasteiger partial charge on any atom is 0.271 e. The van der Waals surface area contributed by atoms with Crippen LogP contribution in [0.5, 0.6) is 0 Å². The molecule has 5 rings (SSSR count). The molecule has 0 spiro atoms. The lowest BCUT2D eigenvalue weighted by Gasteiger charge is -2.56. The summed E-state index contributed by atoms with van der Waals surface area (Å²) in [6.07, 6.45) is 11.0. The predicted molar refractivity (Wildman–Crippen MR) is 80.0 cm³/mol. The summed E-state index contributed by atoms with van der Waals surface area (Å²) in [7, 11) is 0. The minimum Gasteiger partial charge on any atom is -0.350 e. The minimum absolute atomic E-state index is 0.130. The van der Waals surface area contributed by atoms with Crippen molar-refractivity contribution in [1.82, 2.24) is 15.3 Å². The van der Waals surface area contributed by atoms with Crippen molar-refractivity contribution in [2.45, 2.75) is 38.5 Å². The van der Waals surface area contributed by atoms with Gasteiger partial charge in [-0.15, -0.1) is 0 Å². The second kappa shape index (κ2) is 4.94. The van der Waals surface area contributed by atoms with Crippen LogP contribution in [0.3, 0.4) is 0 Å². The number of aromatic nitrogens is 2. The van der Waals surface area contributed by atoms with Crippen molar-refractivity contribution in [2.75, 3.05) is 6.54 Å². The molecule has 1 aromatic heterocycles. The van der Waals surface area contributed by atoms with Crippen LogP contribution < -0.4 is 5.32 Å². The zero-order valence-corrected chi connectivity index (χ0v) is 12.8. The number of hydrogen-bond donors (Lipinski definition) is 1. The van der Waals surface area contributed by atoms with Crippen molar-refractivity contribution in [3.8, 4) is 0 Å². The molecular weight excluding hydrogens is 286 g/mol. The molecule has 4 aliphatic rings. The molecule has 0 atom stereocenters. The number of carbonyl (C=O) groups excluding carboxylic acids is 1. The smallest absolute Gasteiger partial charge is 0.271 e. The van der Waals surface area contributed by atoms with Gasteiger partial charge in [0.25, 0.3) is 5.91 Å². The summed E-state index contributed by atoms with van der Waals surface area (Å²) in [6, 6.07) is 0. The van der Waals surface area contributed by atoms with Crippen LogP contribution in [0, 0.1) is 23.2 Å². The molecule has 0 unspecified atom stereocenters. The van der Waals surface area contributed by atoms with E-state index in [4.69, 9.17) is 11.6 Å². The molecule has 4 fully saturated rings. The SMILES string of the molecule is O=C(NCC12CC3CC(CC(C3)C1)C2)c1cnc(Cl)cn1. The third kappa shape index (κ3) is 2.54. The highest BCUT2D eigenvalue weighted by Crippen LogP contribution is 2.59. The van der Waals surface area contributed by atoms with E-state index in [9.17, 15) is 4.79 Å². The Morgan fingerprint density at radius 3 is 2.29 bits per heavy atom. The molecule has 4 saturated carbocycles. The maximum absolute atomic E-state index is 12.2. The molecule has 1 heterocycles. The van der Waals surface area contributed by atoms with Crippen LogP contribution >= 0.6 is 11.6 Å². The molecule has 0 aliphatic heterocycles. The summed E-state index contributed by atoms with van der Waals surface area (Å²) in [4.78, 5) is 20.1. The molecule has 1 aromatic rings. The first kappa shape index (κ1) is 13.5. The van der Waals surface area contributed by atoms with Crippen LogP contribution in [-0.4, -0.2) is 22.4 Å². The summed E-state index contributed by atoms with van der Waals surface area (Å²) < 4.78 is 0. The van der Waals surface area contributed by atoms with Crippen molar-refractivity contribution < 1.29 is 4.79 Å². The van der Waals surface area contributed by atoms with Gasteiger partial charge in [-0.1, -0.05) is 11.6 Å². The van der Waals surface area contributed by atoms with E-state index in [1.54, 1.807) is 0 Å². The quantitative estimate of drug-likeness (QED) is 0.933. The number of nitrogens with one attached hydrogen (secondary N) is 1. The van der Waals surface area contributed by atoms with E-state index in [0.717, 1.165) is 24.3 Å². The highest BCUT2D eigenvalue weighted by atomic mass is 35.5. The molecule has 0 aromatic carbocycles. The molecule has 5 heteroatoms. The van der Waals surface area contributed by atoms with Crippen molar-refractivity contribution in [3.63, 3.8) is 0 Å². The van der Waals surface area contributed by atoms with Gasteiger partial charge in [-0.2, -0.15) is 0 Å². The molecule has 21 heavy (non-hydrogen) atoms. The Kier molecular flexibility index (Phi) is 3.18. The number of amides is 1. The first-order valence-corrected chi connectivity index (χ1v) is 8.25. The van der Waals surface area contributed by atoms with Gasteiger partial charge in [0.05, 0.1) is 12.4 Å². The summed E-state index contributed by atoms with van der Waals surface area (Å²) in [5.74, 6) is 2.59. The maximum atomic E-state index is 12.2. The normalized spacial score (nSPS) is 36.7. The van der Waals surface area contributed by atoms with Gasteiger partial charge in [-0.05, 0) is 61.7 Å². The molecule has 1 N–H and O–H groups in total. The van der Waals surface area contributed by atoms with Gasteiger partial charge >= 0.3 is 0 Å². The van der Waals surface area contributed by atoms with Gasteiger partial charge in [0.15, 0.2) is 0 Å². The Morgan fingerprint density at radius 2 is 1.76 bits per heavy atom. The fourth-order valence-corrected chi connectivity index (χ4v) is 5.39. The third-order valence-corrected chi connectivity index (χ3v) is 5.84. The molecule has 4 nitrogen and oxygen atoms in total. The highest BCUT2D eigenvalue weighted by molar-refractivity contribution is 6.29. The number of halogens is 1. The first-order chi connectivity index (χ1) is 10.1. The molecular formula is C16H20ClN3O. The third-order valence-electron chi connectivity index (χ3n) is 5.64. The van der Waals surface area contributed by atoms with Crippen LogP contribution in [0.1, 0.15) is 49.0 Å². The monoisotopic (exact) mass is 305 g/mol. The van der Waals surface area contributed by atoms with Gasteiger partial charge in [-0.25, -0.2) is 9.97 Å². The van der Waals surface area contributed by atoms with E-state index in [2.05, 4.69) is 15.3 Å². The highest BCUT2D eigenvalue weighted by Gasteiger charge is 2.50. The first-order valence-electron chi connectivity index (χ1n) is 7.88. The second-order valence-corrected chi connectivity index (χ2v) is 7.71. The van der Waals surface area contributed by atoms with Crippen LogP contribution in [0.4, 0.5) is 0 Å². The van der Waals surface area contributed by atoms with Gasteiger partial charge in [0.2, 0.25) is 0 Å². The number of hydrogen-bond acceptors (Lipinski definition) is 3.